The zero-order chi connectivity index (χ0) is 11.6. The summed E-state index contributed by atoms with van der Waals surface area (Å²) in [5.41, 5.74) is 4.93. The molecule has 8 nitrogen and oxygen atoms in total. The second kappa shape index (κ2) is 6.40. The number of nitrogens with zero attached hydrogens (tertiary/aromatic N) is 1. The van der Waals surface area contributed by atoms with E-state index in [-0.39, 0.29) is 75.4 Å². The normalized spacial score (nSPS) is 19.8. The number of nitrogens with two attached hydrogens (primary N) is 1. The first kappa shape index (κ1) is 16.4. The van der Waals surface area contributed by atoms with Gasteiger partial charge in [-0.2, -0.15) is 0 Å². The van der Waals surface area contributed by atoms with Gasteiger partial charge in [-0.1, -0.05) is 0 Å². The van der Waals surface area contributed by atoms with E-state index in [0.29, 0.717) is 0 Å². The van der Waals surface area contributed by atoms with Gasteiger partial charge in [0.25, 0.3) is 0 Å². The minimum atomic E-state index is -4.72. The van der Waals surface area contributed by atoms with Crippen molar-refractivity contribution < 1.29 is 78.7 Å². The van der Waals surface area contributed by atoms with Crippen LogP contribution in [0.5, 0.6) is 0 Å². The van der Waals surface area contributed by atoms with Gasteiger partial charge in [0.2, 0.25) is 5.91 Å². The summed E-state index contributed by atoms with van der Waals surface area (Å²) in [6, 6.07) is 0. The maximum absolute atomic E-state index is 11.0. The summed E-state index contributed by atoms with van der Waals surface area (Å²) in [7, 11) is -4.72. The van der Waals surface area contributed by atoms with Gasteiger partial charge in [-0.05, 0) is 0 Å². The molecule has 0 radical (unpaired) electrons. The maximum atomic E-state index is 11.0. The predicted octanol–water partition coefficient (Wildman–Crippen LogP) is -5.59. The van der Waals surface area contributed by atoms with Crippen molar-refractivity contribution in [2.24, 2.45) is 11.7 Å². The Labute approximate surface area is 135 Å². The summed E-state index contributed by atoms with van der Waals surface area (Å²) >= 11 is 0. The fraction of sp³-hybridized carbons (Fsp3) is 0.667. The van der Waals surface area contributed by atoms with Crippen molar-refractivity contribution >= 4 is 22.2 Å². The quantitative estimate of drug-likeness (QED) is 0.234. The Bertz CT molecular complexity index is 382. The van der Waals surface area contributed by atoms with Crippen LogP contribution >= 0.6 is 0 Å². The molecule has 2 N–H and O–H groups in total. The third-order valence-electron chi connectivity index (χ3n) is 1.86. The zero-order valence-electron chi connectivity index (χ0n) is 8.58. The van der Waals surface area contributed by atoms with Gasteiger partial charge in [0.1, 0.15) is 6.61 Å². The molecule has 1 atom stereocenters. The number of hydrogen-bond donors (Lipinski definition) is 1. The van der Waals surface area contributed by atoms with E-state index in [2.05, 4.69) is 4.74 Å². The van der Waals surface area contributed by atoms with Crippen LogP contribution in [0.4, 0.5) is 0 Å². The number of esters is 1. The minimum absolute atomic E-state index is 0. The first-order chi connectivity index (χ1) is 6.86. The van der Waals surface area contributed by atoms with Crippen molar-refractivity contribution in [2.45, 2.75) is 0 Å². The zero-order valence-corrected chi connectivity index (χ0v) is 12.5. The first-order valence-corrected chi connectivity index (χ1v) is 5.36. The fourth-order valence-electron chi connectivity index (χ4n) is 1.04. The minimum Gasteiger partial charge on any atom is -0.731 e. The molecule has 0 spiro atoms. The molecule has 86 valence electrons. The topological polar surface area (TPSA) is 130 Å². The molecule has 1 amide bonds. The van der Waals surface area contributed by atoms with Crippen LogP contribution in [0.3, 0.4) is 0 Å². The van der Waals surface area contributed by atoms with Crippen molar-refractivity contribution in [2.75, 3.05) is 19.7 Å². The summed E-state index contributed by atoms with van der Waals surface area (Å²) in [6.45, 7) is -0.812. The van der Waals surface area contributed by atoms with Gasteiger partial charge in [-0.3, -0.25) is 9.59 Å². The van der Waals surface area contributed by atoms with Crippen molar-refractivity contribution in [3.8, 4) is 0 Å². The van der Waals surface area contributed by atoms with Crippen molar-refractivity contribution in [3.05, 3.63) is 0 Å². The Morgan fingerprint density at radius 2 is 2.19 bits per heavy atom. The van der Waals surface area contributed by atoms with Gasteiger partial charge in [0, 0.05) is 0 Å². The molecule has 0 aromatic heterocycles. The van der Waals surface area contributed by atoms with Crippen LogP contribution in [0.25, 0.3) is 0 Å². The molecule has 1 aliphatic heterocycles. The molecule has 16 heavy (non-hydrogen) atoms. The van der Waals surface area contributed by atoms with E-state index >= 15 is 0 Å². The van der Waals surface area contributed by atoms with Crippen LogP contribution in [0, 0.1) is 5.92 Å². The standard InChI is InChI=1S/C6H10N2O6S.K/c7-1-5(9)14-3-4-2-8(6(4)10)15(11,12)13;/h4H,1-3,7H2,(H,11,12,13);/q;+1/p-1. The number of hydrogen-bond acceptors (Lipinski definition) is 7. The van der Waals surface area contributed by atoms with Crippen LogP contribution < -0.4 is 57.1 Å². The molecule has 1 heterocycles. The number of rotatable bonds is 4. The predicted molar refractivity (Wildman–Crippen MR) is 44.9 cm³/mol. The van der Waals surface area contributed by atoms with Crippen LogP contribution in [-0.4, -0.2) is 48.8 Å². The Balaban J connectivity index is 0.00000225. The van der Waals surface area contributed by atoms with E-state index in [1.54, 1.807) is 0 Å². The Hall–Kier alpha value is 0.446. The summed E-state index contributed by atoms with van der Waals surface area (Å²) in [5, 5.41) is 0. The molecule has 0 aromatic carbocycles. The SMILES string of the molecule is NCC(=O)OCC1CN(S(=O)(=O)[O-])C1=O.[K+]. The van der Waals surface area contributed by atoms with E-state index in [4.69, 9.17) is 5.73 Å². The van der Waals surface area contributed by atoms with Crippen LogP contribution in [0.15, 0.2) is 0 Å². The average Bonchev–Trinajstić information content (AvgIpc) is 2.12. The van der Waals surface area contributed by atoms with Crippen LogP contribution in [0.1, 0.15) is 0 Å². The third-order valence-corrected chi connectivity index (χ3v) is 2.73. The molecule has 10 heteroatoms. The van der Waals surface area contributed by atoms with Gasteiger partial charge >= 0.3 is 57.4 Å². The summed E-state index contributed by atoms with van der Waals surface area (Å²) in [5.74, 6) is -2.30. The van der Waals surface area contributed by atoms with E-state index < -0.39 is 28.1 Å². The molecule has 1 unspecified atom stereocenters. The van der Waals surface area contributed by atoms with Gasteiger partial charge in [0.05, 0.1) is 19.0 Å². The largest absolute Gasteiger partial charge is 1.00 e. The molecule has 1 saturated heterocycles. The molecule has 0 saturated carbocycles. The van der Waals surface area contributed by atoms with Gasteiger partial charge in [0.15, 0.2) is 10.3 Å². The van der Waals surface area contributed by atoms with Crippen LogP contribution in [0.2, 0.25) is 0 Å². The molecular formula is C6H9KN2O6S. The second-order valence-corrected chi connectivity index (χ2v) is 4.21. The Kier molecular flexibility index (Phi) is 6.58. The van der Waals surface area contributed by atoms with E-state index in [1.807, 2.05) is 0 Å². The molecule has 1 aliphatic rings. The number of ether oxygens (including phenoxy) is 1. The Morgan fingerprint density at radius 3 is 2.56 bits per heavy atom. The first-order valence-electron chi connectivity index (χ1n) is 3.99. The van der Waals surface area contributed by atoms with Crippen molar-refractivity contribution in [1.29, 1.82) is 0 Å². The monoisotopic (exact) mass is 276 g/mol. The number of amides is 1. The molecule has 1 rings (SSSR count). The van der Waals surface area contributed by atoms with Gasteiger partial charge < -0.3 is 15.0 Å². The number of carbonyl (C=O) groups is 2. The van der Waals surface area contributed by atoms with E-state index in [9.17, 15) is 22.6 Å². The third kappa shape index (κ3) is 4.03. The number of β-lactam (4-membered cyclic amide) rings is 1. The van der Waals surface area contributed by atoms with Crippen LogP contribution in [-0.2, 0) is 24.6 Å². The van der Waals surface area contributed by atoms with Gasteiger partial charge in [-0.15, -0.1) is 0 Å². The molecule has 0 aliphatic carbocycles. The summed E-state index contributed by atoms with van der Waals surface area (Å²) in [4.78, 5) is 21.6. The second-order valence-electron chi connectivity index (χ2n) is 2.91. The smallest absolute Gasteiger partial charge is 0.731 e. The summed E-state index contributed by atoms with van der Waals surface area (Å²) < 4.78 is 35.9. The average molecular weight is 276 g/mol. The number of carbonyl (C=O) groups excluding carboxylic acids is 2. The van der Waals surface area contributed by atoms with Crippen molar-refractivity contribution in [3.63, 3.8) is 0 Å². The molecule has 0 aromatic rings. The molecular weight excluding hydrogens is 267 g/mol. The molecule has 0 bridgehead atoms. The van der Waals surface area contributed by atoms with Gasteiger partial charge in [-0.25, -0.2) is 12.7 Å². The Morgan fingerprint density at radius 1 is 1.62 bits per heavy atom. The van der Waals surface area contributed by atoms with E-state index in [0.717, 1.165) is 0 Å². The van der Waals surface area contributed by atoms with Crippen molar-refractivity contribution in [1.82, 2.24) is 4.31 Å². The molecule has 1 fully saturated rings. The fourth-order valence-corrected chi connectivity index (χ4v) is 1.77. The maximum Gasteiger partial charge on any atom is 1.00 e. The van der Waals surface area contributed by atoms with E-state index in [1.165, 1.54) is 0 Å². The summed E-state index contributed by atoms with van der Waals surface area (Å²) in [6.07, 6.45) is 0.